The number of nitrogens with two attached hydrogens (primary N) is 1. The van der Waals surface area contributed by atoms with Crippen molar-refractivity contribution >= 4 is 28.5 Å². The molecule has 7 nitrogen and oxygen atoms in total. The lowest BCUT2D eigenvalue weighted by atomic mass is 9.96. The molecular formula is C16H33ClN4O3S. The van der Waals surface area contributed by atoms with Gasteiger partial charge in [-0.25, -0.2) is 0 Å². The van der Waals surface area contributed by atoms with Gasteiger partial charge in [0.1, 0.15) is 0 Å². The van der Waals surface area contributed by atoms with Crippen molar-refractivity contribution < 1.29 is 13.2 Å². The average molecular weight is 397 g/mol. The maximum Gasteiger partial charge on any atom is 0.282 e. The molecule has 1 saturated carbocycles. The number of amides is 1. The van der Waals surface area contributed by atoms with E-state index < -0.39 is 10.2 Å². The largest absolute Gasteiger partial charge is 0.340 e. The molecule has 0 bridgehead atoms. The van der Waals surface area contributed by atoms with Gasteiger partial charge in [-0.05, 0) is 19.8 Å². The number of nitrogens with zero attached hydrogens (tertiary/aromatic N) is 3. The molecule has 2 aliphatic rings. The first-order valence-corrected chi connectivity index (χ1v) is 10.4. The van der Waals surface area contributed by atoms with Gasteiger partial charge < -0.3 is 10.6 Å². The Morgan fingerprint density at radius 3 is 2.08 bits per heavy atom. The van der Waals surface area contributed by atoms with Crippen molar-refractivity contribution in [2.45, 2.75) is 58.0 Å². The first-order valence-electron chi connectivity index (χ1n) is 9.02. The Kier molecular flexibility index (Phi) is 8.60. The summed E-state index contributed by atoms with van der Waals surface area (Å²) in [5.74, 6) is -0.222. The summed E-state index contributed by atoms with van der Waals surface area (Å²) in [5, 5.41) is 0. The molecule has 2 fully saturated rings. The minimum absolute atomic E-state index is 0. The van der Waals surface area contributed by atoms with Crippen molar-refractivity contribution in [2.24, 2.45) is 11.7 Å². The number of hydrogen-bond donors (Lipinski definition) is 1. The van der Waals surface area contributed by atoms with Crippen LogP contribution >= 0.6 is 12.4 Å². The molecule has 0 aromatic carbocycles. The summed E-state index contributed by atoms with van der Waals surface area (Å²) >= 11 is 0. The van der Waals surface area contributed by atoms with E-state index in [-0.39, 0.29) is 36.3 Å². The Bertz CT molecular complexity index is 529. The third-order valence-electron chi connectivity index (χ3n) is 5.51. The highest BCUT2D eigenvalue weighted by molar-refractivity contribution is 7.86. The molecule has 1 aliphatic heterocycles. The molecule has 0 aromatic heterocycles. The molecule has 9 heteroatoms. The highest BCUT2D eigenvalue weighted by Gasteiger charge is 2.36. The summed E-state index contributed by atoms with van der Waals surface area (Å²) in [6, 6.07) is -0.0850. The average Bonchev–Trinajstić information content (AvgIpc) is 2.60. The van der Waals surface area contributed by atoms with Crippen molar-refractivity contribution in [3.8, 4) is 0 Å². The molecule has 1 aliphatic carbocycles. The van der Waals surface area contributed by atoms with E-state index in [0.29, 0.717) is 26.2 Å². The number of halogens is 1. The van der Waals surface area contributed by atoms with E-state index in [0.717, 1.165) is 25.7 Å². The monoisotopic (exact) mass is 396 g/mol. The van der Waals surface area contributed by atoms with Crippen molar-refractivity contribution in [3.05, 3.63) is 0 Å². The molecule has 2 N–H and O–H groups in total. The quantitative estimate of drug-likeness (QED) is 0.752. The molecule has 2 unspecified atom stereocenters. The number of rotatable bonds is 5. The number of hydrogen-bond acceptors (Lipinski definition) is 4. The maximum absolute atomic E-state index is 12.8. The Morgan fingerprint density at radius 1 is 1.08 bits per heavy atom. The van der Waals surface area contributed by atoms with Gasteiger partial charge >= 0.3 is 0 Å². The van der Waals surface area contributed by atoms with Crippen LogP contribution in [-0.2, 0) is 15.0 Å². The summed E-state index contributed by atoms with van der Waals surface area (Å²) in [5.41, 5.74) is 5.80. The number of carbonyl (C=O) groups is 1. The standard InChI is InChI=1S/C16H32N4O3S.ClH/c1-13(14(2)17)16(21)19-9-11-20(12-10-19)24(22,23)18(3)15-7-5-4-6-8-15;/h13-15H,4-12,17H2,1-3H3;1H. The zero-order chi connectivity index (χ0) is 17.9. The van der Waals surface area contributed by atoms with Gasteiger partial charge in [-0.2, -0.15) is 17.0 Å². The van der Waals surface area contributed by atoms with Crippen molar-refractivity contribution in [1.29, 1.82) is 0 Å². The third-order valence-corrected chi connectivity index (χ3v) is 7.55. The molecule has 0 spiro atoms. The van der Waals surface area contributed by atoms with Gasteiger partial charge in [-0.3, -0.25) is 4.79 Å². The summed E-state index contributed by atoms with van der Waals surface area (Å²) in [4.78, 5) is 14.1. The molecular weight excluding hydrogens is 364 g/mol. The Morgan fingerprint density at radius 2 is 1.60 bits per heavy atom. The van der Waals surface area contributed by atoms with Crippen LogP contribution < -0.4 is 5.73 Å². The fraction of sp³-hybridized carbons (Fsp3) is 0.938. The van der Waals surface area contributed by atoms with Gasteiger partial charge in [0, 0.05) is 45.3 Å². The summed E-state index contributed by atoms with van der Waals surface area (Å²) in [7, 11) is -1.75. The van der Waals surface area contributed by atoms with Crippen LogP contribution in [0.4, 0.5) is 0 Å². The van der Waals surface area contributed by atoms with E-state index in [1.165, 1.54) is 10.7 Å². The van der Waals surface area contributed by atoms with Gasteiger partial charge in [0.15, 0.2) is 0 Å². The Labute approximate surface area is 158 Å². The minimum atomic E-state index is -3.44. The highest BCUT2D eigenvalue weighted by atomic mass is 35.5. The molecule has 1 amide bonds. The lowest BCUT2D eigenvalue weighted by Gasteiger charge is -2.39. The van der Waals surface area contributed by atoms with E-state index in [1.807, 2.05) is 13.8 Å². The lowest BCUT2D eigenvalue weighted by molar-refractivity contribution is -0.136. The van der Waals surface area contributed by atoms with Crippen LogP contribution in [0, 0.1) is 5.92 Å². The van der Waals surface area contributed by atoms with Crippen molar-refractivity contribution in [1.82, 2.24) is 13.5 Å². The van der Waals surface area contributed by atoms with E-state index in [9.17, 15) is 13.2 Å². The minimum Gasteiger partial charge on any atom is -0.340 e. The van der Waals surface area contributed by atoms with Crippen molar-refractivity contribution in [3.63, 3.8) is 0 Å². The van der Waals surface area contributed by atoms with Gasteiger partial charge in [0.25, 0.3) is 10.2 Å². The van der Waals surface area contributed by atoms with E-state index >= 15 is 0 Å². The number of carbonyl (C=O) groups excluding carboxylic acids is 1. The number of piperazine rings is 1. The molecule has 0 aromatic rings. The van der Waals surface area contributed by atoms with Crippen LogP contribution in [0.3, 0.4) is 0 Å². The molecule has 2 atom stereocenters. The molecule has 2 rings (SSSR count). The second-order valence-corrected chi connectivity index (χ2v) is 9.18. The van der Waals surface area contributed by atoms with Crippen LogP contribution in [0.1, 0.15) is 46.0 Å². The highest BCUT2D eigenvalue weighted by Crippen LogP contribution is 2.25. The second-order valence-electron chi connectivity index (χ2n) is 7.19. The lowest BCUT2D eigenvalue weighted by Crippen LogP contribution is -2.56. The molecule has 25 heavy (non-hydrogen) atoms. The summed E-state index contributed by atoms with van der Waals surface area (Å²) in [6.45, 7) is 5.24. The van der Waals surface area contributed by atoms with Gasteiger partial charge in [0.05, 0.1) is 5.92 Å². The van der Waals surface area contributed by atoms with Gasteiger partial charge in [0.2, 0.25) is 5.91 Å². The summed E-state index contributed by atoms with van der Waals surface area (Å²) < 4.78 is 28.7. The van der Waals surface area contributed by atoms with E-state index in [2.05, 4.69) is 0 Å². The third kappa shape index (κ3) is 5.29. The Balaban J connectivity index is 0.00000312. The fourth-order valence-electron chi connectivity index (χ4n) is 3.47. The first-order chi connectivity index (χ1) is 11.2. The topological polar surface area (TPSA) is 87.0 Å². The van der Waals surface area contributed by atoms with E-state index in [4.69, 9.17) is 5.73 Å². The predicted molar refractivity (Wildman–Crippen MR) is 102 cm³/mol. The van der Waals surface area contributed by atoms with Gasteiger partial charge in [-0.15, -0.1) is 12.4 Å². The first kappa shape index (κ1) is 22.6. The van der Waals surface area contributed by atoms with Crippen molar-refractivity contribution in [2.75, 3.05) is 33.2 Å². The van der Waals surface area contributed by atoms with Crippen LogP contribution in [0.25, 0.3) is 0 Å². The molecule has 148 valence electrons. The predicted octanol–water partition coefficient (Wildman–Crippen LogP) is 1.04. The van der Waals surface area contributed by atoms with Gasteiger partial charge in [-0.1, -0.05) is 26.2 Å². The molecule has 1 saturated heterocycles. The zero-order valence-electron chi connectivity index (χ0n) is 15.6. The SMILES string of the molecule is CC(N)C(C)C(=O)N1CCN(S(=O)(=O)N(C)C2CCCCC2)CC1.Cl. The Hall–Kier alpha value is -0.410. The summed E-state index contributed by atoms with van der Waals surface area (Å²) in [6.07, 6.45) is 5.28. The van der Waals surface area contributed by atoms with Crippen LogP contribution in [0.5, 0.6) is 0 Å². The smallest absolute Gasteiger partial charge is 0.282 e. The van der Waals surface area contributed by atoms with E-state index in [1.54, 1.807) is 16.3 Å². The van der Waals surface area contributed by atoms with Crippen LogP contribution in [-0.4, -0.2) is 73.1 Å². The van der Waals surface area contributed by atoms with Crippen LogP contribution in [0.2, 0.25) is 0 Å². The molecule has 1 heterocycles. The maximum atomic E-state index is 12.8. The van der Waals surface area contributed by atoms with Crippen LogP contribution in [0.15, 0.2) is 0 Å². The second kappa shape index (κ2) is 9.50. The zero-order valence-corrected chi connectivity index (χ0v) is 17.2. The normalized spacial score (nSPS) is 23.2. The fourth-order valence-corrected chi connectivity index (χ4v) is 5.04. The molecule has 0 radical (unpaired) electrons.